The van der Waals surface area contributed by atoms with Crippen molar-refractivity contribution in [3.63, 3.8) is 0 Å². The number of benzene rings is 2. The van der Waals surface area contributed by atoms with Gasteiger partial charge >= 0.3 is 0 Å². The smallest absolute Gasteiger partial charge is 0.254 e. The third-order valence-electron chi connectivity index (χ3n) is 5.04. The largest absolute Gasteiger partial charge is 0.365 e. The Kier molecular flexibility index (Phi) is 5.54. The molecule has 1 saturated heterocycles. The van der Waals surface area contributed by atoms with E-state index in [9.17, 15) is 9.59 Å². The summed E-state index contributed by atoms with van der Waals surface area (Å²) < 4.78 is 0. The number of carbonyl (C=O) groups excluding carboxylic acids is 2. The summed E-state index contributed by atoms with van der Waals surface area (Å²) in [6.07, 6.45) is 0.686. The van der Waals surface area contributed by atoms with Gasteiger partial charge in [0.2, 0.25) is 0 Å². The normalized spacial score (nSPS) is 20.2. The first kappa shape index (κ1) is 18.7. The van der Waals surface area contributed by atoms with E-state index < -0.39 is 0 Å². The van der Waals surface area contributed by atoms with Crippen molar-refractivity contribution < 1.29 is 9.59 Å². The van der Waals surface area contributed by atoms with Gasteiger partial charge in [-0.15, -0.1) is 0 Å². The molecule has 0 unspecified atom stereocenters. The van der Waals surface area contributed by atoms with Gasteiger partial charge in [0.25, 0.3) is 5.91 Å². The van der Waals surface area contributed by atoms with E-state index in [0.29, 0.717) is 34.0 Å². The Hall–Kier alpha value is -2.04. The molecule has 136 valence electrons. The van der Waals surface area contributed by atoms with E-state index in [0.717, 1.165) is 12.2 Å². The molecule has 0 spiro atoms. The van der Waals surface area contributed by atoms with Gasteiger partial charge in [-0.05, 0) is 50.2 Å². The third kappa shape index (κ3) is 3.57. The highest BCUT2D eigenvalue weighted by molar-refractivity contribution is 6.33. The van der Waals surface area contributed by atoms with E-state index in [-0.39, 0.29) is 18.0 Å². The summed E-state index contributed by atoms with van der Waals surface area (Å²) in [7, 11) is 0. The van der Waals surface area contributed by atoms with Crippen LogP contribution in [-0.4, -0.2) is 42.3 Å². The molecular weight excluding hydrogens is 371 g/mol. The molecule has 2 aromatic carbocycles. The van der Waals surface area contributed by atoms with E-state index in [4.69, 9.17) is 23.2 Å². The predicted octanol–water partition coefficient (Wildman–Crippen LogP) is 4.55. The molecule has 0 aliphatic carbocycles. The van der Waals surface area contributed by atoms with Crippen LogP contribution in [0.15, 0.2) is 42.5 Å². The van der Waals surface area contributed by atoms with Gasteiger partial charge in [-0.2, -0.15) is 0 Å². The van der Waals surface area contributed by atoms with Gasteiger partial charge in [0, 0.05) is 47.0 Å². The molecular formula is C20H20Cl2N2O2. The van der Waals surface area contributed by atoms with Crippen LogP contribution in [-0.2, 0) is 0 Å². The lowest BCUT2D eigenvalue weighted by Gasteiger charge is -2.46. The Morgan fingerprint density at radius 2 is 1.85 bits per heavy atom. The van der Waals surface area contributed by atoms with Crippen LogP contribution in [0.4, 0.5) is 5.69 Å². The highest BCUT2D eigenvalue weighted by Gasteiger charge is 2.34. The van der Waals surface area contributed by atoms with Crippen LogP contribution in [0, 0.1) is 0 Å². The molecule has 0 aromatic heterocycles. The van der Waals surface area contributed by atoms with E-state index in [1.807, 2.05) is 36.1 Å². The van der Waals surface area contributed by atoms with Crippen molar-refractivity contribution in [2.75, 3.05) is 18.0 Å². The Morgan fingerprint density at radius 1 is 1.08 bits per heavy atom. The van der Waals surface area contributed by atoms with Crippen LogP contribution in [0.3, 0.4) is 0 Å². The van der Waals surface area contributed by atoms with Crippen molar-refractivity contribution in [2.45, 2.75) is 25.9 Å². The van der Waals surface area contributed by atoms with Gasteiger partial charge in [0.1, 0.15) is 0 Å². The number of carbonyl (C=O) groups is 2. The summed E-state index contributed by atoms with van der Waals surface area (Å²) in [6, 6.07) is 12.7. The maximum absolute atomic E-state index is 12.9. The first-order valence-corrected chi connectivity index (χ1v) is 9.26. The van der Waals surface area contributed by atoms with Crippen LogP contribution in [0.2, 0.25) is 10.0 Å². The Bertz CT molecular complexity index is 840. The Labute approximate surface area is 163 Å². The molecule has 0 bridgehead atoms. The number of anilines is 1. The molecule has 0 radical (unpaired) electrons. The monoisotopic (exact) mass is 390 g/mol. The van der Waals surface area contributed by atoms with Gasteiger partial charge in [-0.25, -0.2) is 0 Å². The number of nitrogens with zero attached hydrogens (tertiary/aromatic N) is 2. The summed E-state index contributed by atoms with van der Waals surface area (Å²) in [4.78, 5) is 28.0. The molecule has 6 heteroatoms. The van der Waals surface area contributed by atoms with Gasteiger partial charge in [-0.1, -0.05) is 29.3 Å². The van der Waals surface area contributed by atoms with Crippen LogP contribution in [0.5, 0.6) is 0 Å². The standard InChI is InChI=1S/C20H20Cl2N2O2/c1-13-14(2)24(9-8-23(13)18-5-3-4-17(21)11-18)20(26)15-6-7-16(12-25)19(22)10-15/h3-7,10-14H,8-9H2,1-2H3/t13-,14-/m0/s1. The maximum atomic E-state index is 12.9. The minimum atomic E-state index is -0.0746. The zero-order chi connectivity index (χ0) is 18.8. The zero-order valence-corrected chi connectivity index (χ0v) is 16.2. The molecule has 0 N–H and O–H groups in total. The molecule has 1 heterocycles. The topological polar surface area (TPSA) is 40.6 Å². The van der Waals surface area contributed by atoms with Gasteiger partial charge in [0.05, 0.1) is 5.02 Å². The van der Waals surface area contributed by atoms with Crippen molar-refractivity contribution in [3.8, 4) is 0 Å². The molecule has 1 fully saturated rings. The number of amides is 1. The Balaban J connectivity index is 1.80. The van der Waals surface area contributed by atoms with E-state index >= 15 is 0 Å². The minimum Gasteiger partial charge on any atom is -0.365 e. The summed E-state index contributed by atoms with van der Waals surface area (Å²) in [5.41, 5.74) is 1.94. The molecule has 1 aliphatic heterocycles. The number of hydrogen-bond donors (Lipinski definition) is 0. The summed E-state index contributed by atoms with van der Waals surface area (Å²) in [5, 5.41) is 0.995. The fraction of sp³-hybridized carbons (Fsp3) is 0.300. The number of piperazine rings is 1. The number of aldehydes is 1. The molecule has 2 aromatic rings. The first-order valence-electron chi connectivity index (χ1n) is 8.50. The molecule has 2 atom stereocenters. The lowest BCUT2D eigenvalue weighted by Crippen LogP contribution is -2.59. The quantitative estimate of drug-likeness (QED) is 0.721. The summed E-state index contributed by atoms with van der Waals surface area (Å²) >= 11 is 12.2. The number of halogens is 2. The second-order valence-electron chi connectivity index (χ2n) is 6.51. The van der Waals surface area contributed by atoms with Gasteiger partial charge in [-0.3, -0.25) is 9.59 Å². The highest BCUT2D eigenvalue weighted by atomic mass is 35.5. The van der Waals surface area contributed by atoms with Crippen molar-refractivity contribution in [1.29, 1.82) is 0 Å². The molecule has 26 heavy (non-hydrogen) atoms. The second kappa shape index (κ2) is 7.68. The van der Waals surface area contributed by atoms with Crippen molar-refractivity contribution in [1.82, 2.24) is 4.90 Å². The minimum absolute atomic E-state index is 0.0137. The summed E-state index contributed by atoms with van der Waals surface area (Å²) in [6.45, 7) is 5.47. The lowest BCUT2D eigenvalue weighted by molar-refractivity contribution is 0.0634. The van der Waals surface area contributed by atoms with Crippen LogP contribution in [0.1, 0.15) is 34.6 Å². The van der Waals surface area contributed by atoms with Gasteiger partial charge in [0.15, 0.2) is 6.29 Å². The molecule has 4 nitrogen and oxygen atoms in total. The van der Waals surface area contributed by atoms with Crippen LogP contribution < -0.4 is 4.90 Å². The highest BCUT2D eigenvalue weighted by Crippen LogP contribution is 2.28. The summed E-state index contributed by atoms with van der Waals surface area (Å²) in [5.74, 6) is -0.0746. The Morgan fingerprint density at radius 3 is 2.50 bits per heavy atom. The van der Waals surface area contributed by atoms with E-state index in [2.05, 4.69) is 11.8 Å². The van der Waals surface area contributed by atoms with Crippen molar-refractivity contribution >= 4 is 41.1 Å². The van der Waals surface area contributed by atoms with E-state index in [1.54, 1.807) is 18.2 Å². The van der Waals surface area contributed by atoms with E-state index in [1.165, 1.54) is 0 Å². The average molecular weight is 391 g/mol. The fourth-order valence-electron chi connectivity index (χ4n) is 3.37. The molecule has 0 saturated carbocycles. The average Bonchev–Trinajstić information content (AvgIpc) is 2.63. The third-order valence-corrected chi connectivity index (χ3v) is 5.60. The van der Waals surface area contributed by atoms with Crippen molar-refractivity contribution in [2.24, 2.45) is 0 Å². The van der Waals surface area contributed by atoms with Crippen LogP contribution in [0.25, 0.3) is 0 Å². The van der Waals surface area contributed by atoms with Crippen molar-refractivity contribution in [3.05, 3.63) is 63.6 Å². The molecule has 1 amide bonds. The predicted molar refractivity (Wildman–Crippen MR) is 106 cm³/mol. The second-order valence-corrected chi connectivity index (χ2v) is 7.35. The van der Waals surface area contributed by atoms with Crippen LogP contribution >= 0.6 is 23.2 Å². The molecule has 1 aliphatic rings. The lowest BCUT2D eigenvalue weighted by atomic mass is 10.0. The SMILES string of the molecule is C[C@H]1[C@H](C)N(c2cccc(Cl)c2)CCN1C(=O)c1ccc(C=O)c(Cl)c1. The number of rotatable bonds is 3. The zero-order valence-electron chi connectivity index (χ0n) is 14.7. The number of hydrogen-bond acceptors (Lipinski definition) is 3. The fourth-order valence-corrected chi connectivity index (χ4v) is 3.78. The maximum Gasteiger partial charge on any atom is 0.254 e. The first-order chi connectivity index (χ1) is 12.4. The van der Waals surface area contributed by atoms with Gasteiger partial charge < -0.3 is 9.80 Å². The molecule has 3 rings (SSSR count).